The number of nitrogens with zero attached hydrogens (tertiary/aromatic N) is 2. The summed E-state index contributed by atoms with van der Waals surface area (Å²) in [7, 11) is 1.46. The fraction of sp³-hybridized carbons (Fsp3) is 0.429. The van der Waals surface area contributed by atoms with Gasteiger partial charge in [0.2, 0.25) is 0 Å². The van der Waals surface area contributed by atoms with Crippen molar-refractivity contribution in [2.24, 2.45) is 0 Å². The molecule has 0 aliphatic heterocycles. The first kappa shape index (κ1) is 17.1. The van der Waals surface area contributed by atoms with E-state index in [1.807, 2.05) is 13.0 Å². The molecule has 1 aromatic carbocycles. The SMILES string of the molecule is CCC(CCN(C)C(=O)O)Oc1cc(Cl)c(F)cc1C#N. The van der Waals surface area contributed by atoms with Crippen LogP contribution in [0.15, 0.2) is 12.1 Å². The third kappa shape index (κ3) is 4.80. The number of hydrogen-bond donors (Lipinski definition) is 1. The predicted molar refractivity (Wildman–Crippen MR) is 76.1 cm³/mol. The number of benzene rings is 1. The van der Waals surface area contributed by atoms with Gasteiger partial charge in [-0.2, -0.15) is 5.26 Å². The standard InChI is InChI=1S/C14H16ClFN2O3/c1-3-10(4-5-18(2)14(19)20)21-13-7-11(15)12(16)6-9(13)8-17/h6-7,10H,3-5H2,1-2H3,(H,19,20). The summed E-state index contributed by atoms with van der Waals surface area (Å²) in [4.78, 5) is 11.9. The van der Waals surface area contributed by atoms with Crippen LogP contribution < -0.4 is 4.74 Å². The molecule has 5 nitrogen and oxygen atoms in total. The van der Waals surface area contributed by atoms with Gasteiger partial charge in [0.25, 0.3) is 0 Å². The molecule has 0 aromatic heterocycles. The zero-order valence-electron chi connectivity index (χ0n) is 11.8. The summed E-state index contributed by atoms with van der Waals surface area (Å²) >= 11 is 5.69. The van der Waals surface area contributed by atoms with Crippen LogP contribution in [0.1, 0.15) is 25.3 Å². The topological polar surface area (TPSA) is 73.6 Å². The van der Waals surface area contributed by atoms with Gasteiger partial charge in [-0.05, 0) is 12.5 Å². The van der Waals surface area contributed by atoms with Crippen LogP contribution >= 0.6 is 11.6 Å². The summed E-state index contributed by atoms with van der Waals surface area (Å²) < 4.78 is 19.0. The monoisotopic (exact) mass is 314 g/mol. The summed E-state index contributed by atoms with van der Waals surface area (Å²) in [6, 6.07) is 4.13. The molecule has 0 aliphatic carbocycles. The Morgan fingerprint density at radius 3 is 2.81 bits per heavy atom. The van der Waals surface area contributed by atoms with Gasteiger partial charge in [-0.1, -0.05) is 18.5 Å². The van der Waals surface area contributed by atoms with Crippen molar-refractivity contribution in [1.29, 1.82) is 5.26 Å². The molecule has 21 heavy (non-hydrogen) atoms. The predicted octanol–water partition coefficient (Wildman–Crippen LogP) is 3.51. The lowest BCUT2D eigenvalue weighted by Crippen LogP contribution is -2.29. The van der Waals surface area contributed by atoms with Crippen molar-refractivity contribution < 1.29 is 19.0 Å². The summed E-state index contributed by atoms with van der Waals surface area (Å²) in [5.74, 6) is -0.479. The van der Waals surface area contributed by atoms with Crippen LogP contribution in [-0.4, -0.2) is 35.8 Å². The van der Waals surface area contributed by atoms with Crippen molar-refractivity contribution in [2.75, 3.05) is 13.6 Å². The molecule has 114 valence electrons. The van der Waals surface area contributed by atoms with Gasteiger partial charge in [0.15, 0.2) is 0 Å². The van der Waals surface area contributed by atoms with E-state index in [0.29, 0.717) is 19.4 Å². The average molecular weight is 315 g/mol. The van der Waals surface area contributed by atoms with E-state index in [9.17, 15) is 9.18 Å². The van der Waals surface area contributed by atoms with E-state index in [2.05, 4.69) is 0 Å². The Labute approximate surface area is 127 Å². The zero-order chi connectivity index (χ0) is 16.0. The van der Waals surface area contributed by atoms with Crippen LogP contribution in [0, 0.1) is 17.1 Å². The lowest BCUT2D eigenvalue weighted by molar-refractivity contribution is 0.138. The number of amides is 1. The molecular formula is C14H16ClFN2O3. The van der Waals surface area contributed by atoms with Crippen molar-refractivity contribution in [3.05, 3.63) is 28.5 Å². The first-order chi connectivity index (χ1) is 9.88. The fourth-order valence-electron chi connectivity index (χ4n) is 1.67. The van der Waals surface area contributed by atoms with Crippen molar-refractivity contribution >= 4 is 17.7 Å². The van der Waals surface area contributed by atoms with E-state index in [1.165, 1.54) is 13.1 Å². The number of halogens is 2. The third-order valence-corrected chi connectivity index (χ3v) is 3.29. The molecule has 1 unspecified atom stereocenters. The molecule has 0 fully saturated rings. The largest absolute Gasteiger partial charge is 0.489 e. The molecule has 0 spiro atoms. The second kappa shape index (κ2) is 7.70. The molecular weight excluding hydrogens is 299 g/mol. The normalized spacial score (nSPS) is 11.6. The van der Waals surface area contributed by atoms with Crippen LogP contribution in [0.4, 0.5) is 9.18 Å². The number of carboxylic acid groups (broad SMARTS) is 1. The van der Waals surface area contributed by atoms with E-state index in [4.69, 9.17) is 26.7 Å². The minimum atomic E-state index is -1.02. The molecule has 0 saturated carbocycles. The third-order valence-electron chi connectivity index (χ3n) is 3.00. The smallest absolute Gasteiger partial charge is 0.407 e. The Balaban J connectivity index is 2.80. The number of carbonyl (C=O) groups is 1. The van der Waals surface area contributed by atoms with Gasteiger partial charge >= 0.3 is 6.09 Å². The van der Waals surface area contributed by atoms with Gasteiger partial charge in [0, 0.05) is 26.1 Å². The minimum absolute atomic E-state index is 0.0574. The molecule has 1 rings (SSSR count). The summed E-state index contributed by atoms with van der Waals surface area (Å²) in [6.07, 6.45) is -0.236. The van der Waals surface area contributed by atoms with E-state index in [1.54, 1.807) is 0 Å². The highest BCUT2D eigenvalue weighted by molar-refractivity contribution is 6.30. The molecule has 0 radical (unpaired) electrons. The van der Waals surface area contributed by atoms with Crippen LogP contribution in [0.3, 0.4) is 0 Å². The number of nitriles is 1. The molecule has 1 N–H and O–H groups in total. The first-order valence-electron chi connectivity index (χ1n) is 6.38. The number of ether oxygens (including phenoxy) is 1. The molecule has 1 amide bonds. The molecule has 0 bridgehead atoms. The zero-order valence-corrected chi connectivity index (χ0v) is 12.5. The summed E-state index contributed by atoms with van der Waals surface area (Å²) in [5.41, 5.74) is 0.0574. The van der Waals surface area contributed by atoms with Gasteiger partial charge in [0.1, 0.15) is 23.7 Å². The molecule has 0 saturated heterocycles. The van der Waals surface area contributed by atoms with E-state index >= 15 is 0 Å². The highest BCUT2D eigenvalue weighted by Gasteiger charge is 2.16. The summed E-state index contributed by atoms with van der Waals surface area (Å²) in [6.45, 7) is 2.17. The quantitative estimate of drug-likeness (QED) is 0.872. The number of rotatable bonds is 6. The van der Waals surface area contributed by atoms with Crippen molar-refractivity contribution in [3.63, 3.8) is 0 Å². The van der Waals surface area contributed by atoms with Crippen molar-refractivity contribution in [2.45, 2.75) is 25.9 Å². The maximum atomic E-state index is 13.3. The number of hydrogen-bond acceptors (Lipinski definition) is 3. The van der Waals surface area contributed by atoms with Crippen LogP contribution in [0.2, 0.25) is 5.02 Å². The average Bonchev–Trinajstić information content (AvgIpc) is 2.45. The van der Waals surface area contributed by atoms with E-state index < -0.39 is 11.9 Å². The second-order valence-electron chi connectivity index (χ2n) is 4.52. The Morgan fingerprint density at radius 2 is 2.29 bits per heavy atom. The lowest BCUT2D eigenvalue weighted by atomic mass is 10.1. The molecule has 1 atom stereocenters. The lowest BCUT2D eigenvalue weighted by Gasteiger charge is -2.21. The van der Waals surface area contributed by atoms with Crippen molar-refractivity contribution in [3.8, 4) is 11.8 Å². The molecule has 1 aromatic rings. The Morgan fingerprint density at radius 1 is 1.62 bits per heavy atom. The van der Waals surface area contributed by atoms with Gasteiger partial charge in [-0.25, -0.2) is 9.18 Å². The van der Waals surface area contributed by atoms with E-state index in [0.717, 1.165) is 11.0 Å². The summed E-state index contributed by atoms with van der Waals surface area (Å²) in [5, 5.41) is 17.7. The highest BCUT2D eigenvalue weighted by atomic mass is 35.5. The van der Waals surface area contributed by atoms with Gasteiger partial charge < -0.3 is 14.7 Å². The van der Waals surface area contributed by atoms with Crippen molar-refractivity contribution in [1.82, 2.24) is 4.90 Å². The second-order valence-corrected chi connectivity index (χ2v) is 4.92. The van der Waals surface area contributed by atoms with Gasteiger partial charge in [0.05, 0.1) is 10.6 Å². The van der Waals surface area contributed by atoms with Gasteiger partial charge in [-0.3, -0.25) is 0 Å². The minimum Gasteiger partial charge on any atom is -0.489 e. The maximum absolute atomic E-state index is 13.3. The molecule has 0 heterocycles. The van der Waals surface area contributed by atoms with Crippen LogP contribution in [0.5, 0.6) is 5.75 Å². The molecule has 0 aliphatic rings. The maximum Gasteiger partial charge on any atom is 0.407 e. The highest BCUT2D eigenvalue weighted by Crippen LogP contribution is 2.27. The van der Waals surface area contributed by atoms with Gasteiger partial charge in [-0.15, -0.1) is 0 Å². The van der Waals surface area contributed by atoms with Crippen LogP contribution in [0.25, 0.3) is 0 Å². The first-order valence-corrected chi connectivity index (χ1v) is 6.76. The Kier molecular flexibility index (Phi) is 6.25. The molecule has 7 heteroatoms. The Hall–Kier alpha value is -2.00. The Bertz CT molecular complexity index is 560. The van der Waals surface area contributed by atoms with Crippen LogP contribution in [-0.2, 0) is 0 Å². The van der Waals surface area contributed by atoms with E-state index in [-0.39, 0.29) is 22.4 Å². The fourth-order valence-corrected chi connectivity index (χ4v) is 1.83.